The Bertz CT molecular complexity index is 845. The smallest absolute Gasteiger partial charge is 0.161 e. The fraction of sp³-hybridized carbons (Fsp3) is 0.565. The van der Waals surface area contributed by atoms with Crippen molar-refractivity contribution in [2.45, 2.75) is 62.5 Å². The van der Waals surface area contributed by atoms with Gasteiger partial charge in [0, 0.05) is 22.6 Å². The third-order valence-electron chi connectivity index (χ3n) is 7.08. The summed E-state index contributed by atoms with van der Waals surface area (Å²) in [5.41, 5.74) is 3.90. The number of hydrogen-bond acceptors (Lipinski definition) is 5. The number of nitrogens with zero attached hydrogens (tertiary/aromatic N) is 3. The number of anilines is 1. The second kappa shape index (κ2) is 7.12. The third kappa shape index (κ3) is 3.20. The molecule has 0 amide bonds. The molecule has 5 rings (SSSR count). The molecule has 1 saturated heterocycles. The largest absolute Gasteiger partial charge is 0.393 e. The zero-order chi connectivity index (χ0) is 19.1. The molecule has 2 aliphatic carbocycles. The van der Waals surface area contributed by atoms with Gasteiger partial charge in [-0.3, -0.25) is 0 Å². The minimum Gasteiger partial charge on any atom is -0.393 e. The van der Waals surface area contributed by atoms with Crippen LogP contribution in [-0.4, -0.2) is 52.3 Å². The van der Waals surface area contributed by atoms with Gasteiger partial charge >= 0.3 is 0 Å². The second-order valence-corrected chi connectivity index (χ2v) is 8.98. The summed E-state index contributed by atoms with van der Waals surface area (Å²) < 4.78 is 0. The van der Waals surface area contributed by atoms with Gasteiger partial charge in [0.2, 0.25) is 0 Å². The lowest BCUT2D eigenvalue weighted by molar-refractivity contribution is 0.182. The Morgan fingerprint density at radius 3 is 2.57 bits per heavy atom. The van der Waals surface area contributed by atoms with Crippen molar-refractivity contribution < 1.29 is 5.11 Å². The van der Waals surface area contributed by atoms with Crippen LogP contribution in [0.5, 0.6) is 0 Å². The summed E-state index contributed by atoms with van der Waals surface area (Å²) in [4.78, 5) is 12.6. The van der Waals surface area contributed by atoms with E-state index in [1.54, 1.807) is 0 Å². The SMILES string of the molecule is CN1CCC2(CCc3c(N[C@@H]4CC[C@H](O)C4)nc(-c4ccccc4)nc32)CC1. The van der Waals surface area contributed by atoms with Crippen LogP contribution in [0.25, 0.3) is 11.4 Å². The first-order valence-corrected chi connectivity index (χ1v) is 10.7. The highest BCUT2D eigenvalue weighted by Crippen LogP contribution is 2.47. The monoisotopic (exact) mass is 378 g/mol. The molecule has 2 atom stereocenters. The molecule has 3 aliphatic rings. The summed E-state index contributed by atoms with van der Waals surface area (Å²) in [6.45, 7) is 2.28. The Kier molecular flexibility index (Phi) is 4.60. The van der Waals surface area contributed by atoms with E-state index in [1.807, 2.05) is 6.07 Å². The first-order valence-electron chi connectivity index (χ1n) is 10.7. The number of aliphatic hydroxyl groups excluding tert-OH is 1. The van der Waals surface area contributed by atoms with Gasteiger partial charge in [0.15, 0.2) is 5.82 Å². The molecule has 0 radical (unpaired) electrons. The Hall–Kier alpha value is -1.98. The molecular formula is C23H30N4O. The summed E-state index contributed by atoms with van der Waals surface area (Å²) in [7, 11) is 2.22. The predicted octanol–water partition coefficient (Wildman–Crippen LogP) is 3.38. The lowest BCUT2D eigenvalue weighted by atomic mass is 9.76. The number of nitrogens with one attached hydrogen (secondary N) is 1. The number of piperidine rings is 1. The molecule has 148 valence electrons. The normalized spacial score (nSPS) is 26.5. The molecule has 2 fully saturated rings. The van der Waals surface area contributed by atoms with Crippen molar-refractivity contribution in [1.29, 1.82) is 0 Å². The van der Waals surface area contributed by atoms with Gasteiger partial charge < -0.3 is 15.3 Å². The maximum atomic E-state index is 9.95. The standard InChI is InChI=1S/C23H30N4O/c1-27-13-11-23(12-14-27)10-9-19-20(23)25-21(16-5-3-2-4-6-16)26-22(19)24-17-7-8-18(28)15-17/h2-6,17-18,28H,7-15H2,1H3,(H,24,25,26)/t17-,18+/m1/s1. The molecule has 2 aromatic rings. The van der Waals surface area contributed by atoms with Crippen molar-refractivity contribution in [3.8, 4) is 11.4 Å². The summed E-state index contributed by atoms with van der Waals surface area (Å²) in [6, 6.07) is 10.7. The van der Waals surface area contributed by atoms with E-state index in [1.165, 1.54) is 30.5 Å². The van der Waals surface area contributed by atoms with Crippen molar-refractivity contribution in [3.05, 3.63) is 41.6 Å². The van der Waals surface area contributed by atoms with Crippen LogP contribution in [0.15, 0.2) is 30.3 Å². The zero-order valence-corrected chi connectivity index (χ0v) is 16.7. The summed E-state index contributed by atoms with van der Waals surface area (Å²) in [6.07, 6.45) is 7.14. The number of likely N-dealkylation sites (tertiary alicyclic amines) is 1. The fourth-order valence-electron chi connectivity index (χ4n) is 5.29. The van der Waals surface area contributed by atoms with Crippen molar-refractivity contribution in [2.24, 2.45) is 0 Å². The molecule has 5 nitrogen and oxygen atoms in total. The first kappa shape index (κ1) is 18.1. The number of aromatic nitrogens is 2. The maximum Gasteiger partial charge on any atom is 0.161 e. The number of aliphatic hydroxyl groups is 1. The van der Waals surface area contributed by atoms with Crippen LogP contribution in [0.3, 0.4) is 0 Å². The Labute approximate surface area is 167 Å². The molecule has 1 aliphatic heterocycles. The average Bonchev–Trinajstić information content (AvgIpc) is 3.29. The molecule has 5 heteroatoms. The van der Waals surface area contributed by atoms with Gasteiger partial charge in [0.25, 0.3) is 0 Å². The predicted molar refractivity (Wildman–Crippen MR) is 111 cm³/mol. The van der Waals surface area contributed by atoms with E-state index in [9.17, 15) is 5.11 Å². The molecular weight excluding hydrogens is 348 g/mol. The van der Waals surface area contributed by atoms with Gasteiger partial charge in [-0.05, 0) is 65.1 Å². The molecule has 1 aromatic carbocycles. The molecule has 1 saturated carbocycles. The summed E-state index contributed by atoms with van der Waals surface area (Å²) >= 11 is 0. The van der Waals surface area contributed by atoms with Crippen LogP contribution < -0.4 is 5.32 Å². The average molecular weight is 379 g/mol. The Balaban J connectivity index is 1.56. The second-order valence-electron chi connectivity index (χ2n) is 8.98. The van der Waals surface area contributed by atoms with E-state index in [2.05, 4.69) is 41.5 Å². The third-order valence-corrected chi connectivity index (χ3v) is 7.08. The van der Waals surface area contributed by atoms with E-state index in [0.29, 0.717) is 6.04 Å². The van der Waals surface area contributed by atoms with E-state index in [0.717, 1.165) is 56.0 Å². The Morgan fingerprint density at radius 1 is 1.07 bits per heavy atom. The summed E-state index contributed by atoms with van der Waals surface area (Å²) in [5.74, 6) is 1.85. The minimum atomic E-state index is -0.179. The zero-order valence-electron chi connectivity index (χ0n) is 16.7. The highest BCUT2D eigenvalue weighted by atomic mass is 16.3. The molecule has 2 N–H and O–H groups in total. The topological polar surface area (TPSA) is 61.3 Å². The van der Waals surface area contributed by atoms with Crippen LogP contribution in [-0.2, 0) is 11.8 Å². The van der Waals surface area contributed by atoms with E-state index in [4.69, 9.17) is 9.97 Å². The van der Waals surface area contributed by atoms with Crippen LogP contribution in [0.4, 0.5) is 5.82 Å². The summed E-state index contributed by atoms with van der Waals surface area (Å²) in [5, 5.41) is 13.6. The molecule has 1 aromatic heterocycles. The number of hydrogen-bond donors (Lipinski definition) is 2. The highest BCUT2D eigenvalue weighted by Gasteiger charge is 2.44. The number of rotatable bonds is 3. The minimum absolute atomic E-state index is 0.179. The molecule has 28 heavy (non-hydrogen) atoms. The fourth-order valence-corrected chi connectivity index (χ4v) is 5.29. The van der Waals surface area contributed by atoms with Crippen LogP contribution in [0.1, 0.15) is 49.8 Å². The van der Waals surface area contributed by atoms with Gasteiger partial charge in [0.1, 0.15) is 5.82 Å². The van der Waals surface area contributed by atoms with Crippen molar-refractivity contribution in [2.75, 3.05) is 25.5 Å². The Morgan fingerprint density at radius 2 is 1.86 bits per heavy atom. The van der Waals surface area contributed by atoms with Crippen LogP contribution in [0, 0.1) is 0 Å². The molecule has 0 bridgehead atoms. The highest BCUT2D eigenvalue weighted by molar-refractivity contribution is 5.62. The van der Waals surface area contributed by atoms with E-state index >= 15 is 0 Å². The first-order chi connectivity index (χ1) is 13.6. The van der Waals surface area contributed by atoms with Crippen molar-refractivity contribution in [3.63, 3.8) is 0 Å². The van der Waals surface area contributed by atoms with Gasteiger partial charge in [0.05, 0.1) is 11.8 Å². The maximum absolute atomic E-state index is 9.95. The quantitative estimate of drug-likeness (QED) is 0.857. The van der Waals surface area contributed by atoms with Gasteiger partial charge in [-0.2, -0.15) is 0 Å². The number of benzene rings is 1. The number of fused-ring (bicyclic) bond motifs is 2. The van der Waals surface area contributed by atoms with Crippen molar-refractivity contribution in [1.82, 2.24) is 14.9 Å². The van der Waals surface area contributed by atoms with Crippen LogP contribution in [0.2, 0.25) is 0 Å². The van der Waals surface area contributed by atoms with Gasteiger partial charge in [-0.25, -0.2) is 9.97 Å². The lowest BCUT2D eigenvalue weighted by Gasteiger charge is -2.38. The molecule has 0 unspecified atom stereocenters. The molecule has 2 heterocycles. The molecule has 1 spiro atoms. The lowest BCUT2D eigenvalue weighted by Crippen LogP contribution is -2.40. The van der Waals surface area contributed by atoms with Gasteiger partial charge in [-0.1, -0.05) is 30.3 Å². The van der Waals surface area contributed by atoms with E-state index in [-0.39, 0.29) is 11.5 Å². The van der Waals surface area contributed by atoms with Crippen molar-refractivity contribution >= 4 is 5.82 Å². The van der Waals surface area contributed by atoms with Gasteiger partial charge in [-0.15, -0.1) is 0 Å². The van der Waals surface area contributed by atoms with Crippen LogP contribution >= 0.6 is 0 Å². The van der Waals surface area contributed by atoms with E-state index < -0.39 is 0 Å².